The molecule has 194 valence electrons. The summed E-state index contributed by atoms with van der Waals surface area (Å²) < 4.78 is 5.69. The van der Waals surface area contributed by atoms with Crippen molar-refractivity contribution in [2.45, 2.75) is 0 Å². The van der Waals surface area contributed by atoms with E-state index in [9.17, 15) is 9.59 Å². The molecule has 1 saturated heterocycles. The minimum Gasteiger partial charge on any atom is -0.484 e. The van der Waals surface area contributed by atoms with Crippen LogP contribution in [-0.4, -0.2) is 23.6 Å². The maximum absolute atomic E-state index is 13.5. The van der Waals surface area contributed by atoms with E-state index in [1.54, 1.807) is 89.8 Å². The second-order valence-electron chi connectivity index (χ2n) is 8.37. The fourth-order valence-corrected chi connectivity index (χ4v) is 4.96. The first-order chi connectivity index (χ1) is 18.9. The molecule has 1 aliphatic heterocycles. The van der Waals surface area contributed by atoms with E-state index < -0.39 is 0 Å². The van der Waals surface area contributed by atoms with Crippen LogP contribution in [0.25, 0.3) is 6.08 Å². The van der Waals surface area contributed by atoms with Gasteiger partial charge in [-0.15, -0.1) is 0 Å². The van der Waals surface area contributed by atoms with Gasteiger partial charge < -0.3 is 10.1 Å². The fraction of sp³-hybridized carbons (Fsp3) is 0.0333. The zero-order valence-corrected chi connectivity index (χ0v) is 22.7. The molecular formula is C30H21Cl2N3O3S. The number of para-hydroxylation sites is 1. The molecule has 0 aliphatic carbocycles. The van der Waals surface area contributed by atoms with Crippen molar-refractivity contribution in [2.24, 2.45) is 4.99 Å². The number of rotatable bonds is 7. The van der Waals surface area contributed by atoms with Gasteiger partial charge in [0.05, 0.1) is 16.3 Å². The lowest BCUT2D eigenvalue weighted by atomic mass is 10.2. The van der Waals surface area contributed by atoms with Crippen LogP contribution in [0.3, 0.4) is 0 Å². The number of thioether (sulfide) groups is 1. The van der Waals surface area contributed by atoms with Crippen LogP contribution in [0.4, 0.5) is 17.1 Å². The molecule has 0 radical (unpaired) electrons. The minimum atomic E-state index is -0.270. The number of nitrogens with one attached hydrogen (secondary N) is 1. The third kappa shape index (κ3) is 6.89. The molecule has 9 heteroatoms. The Bertz CT molecular complexity index is 1560. The number of hydrogen-bond acceptors (Lipinski definition) is 5. The van der Waals surface area contributed by atoms with Crippen molar-refractivity contribution in [3.63, 3.8) is 0 Å². The number of anilines is 2. The van der Waals surface area contributed by atoms with Gasteiger partial charge in [-0.05, 0) is 96.2 Å². The molecule has 0 spiro atoms. The van der Waals surface area contributed by atoms with Crippen LogP contribution in [0.15, 0.2) is 113 Å². The number of benzene rings is 4. The van der Waals surface area contributed by atoms with Crippen LogP contribution in [0.2, 0.25) is 10.0 Å². The van der Waals surface area contributed by atoms with E-state index in [2.05, 4.69) is 5.32 Å². The Balaban J connectivity index is 1.36. The van der Waals surface area contributed by atoms with Crippen molar-refractivity contribution < 1.29 is 14.3 Å². The highest BCUT2D eigenvalue weighted by Gasteiger charge is 2.34. The van der Waals surface area contributed by atoms with Crippen molar-refractivity contribution in [1.82, 2.24) is 0 Å². The summed E-state index contributed by atoms with van der Waals surface area (Å²) in [5.41, 5.74) is 2.76. The van der Waals surface area contributed by atoms with E-state index >= 15 is 0 Å². The molecule has 1 heterocycles. The lowest BCUT2D eigenvalue weighted by Gasteiger charge is -2.15. The van der Waals surface area contributed by atoms with E-state index in [0.717, 1.165) is 5.56 Å². The fourth-order valence-electron chi connectivity index (χ4n) is 3.71. The van der Waals surface area contributed by atoms with E-state index in [-0.39, 0.29) is 18.4 Å². The quantitative estimate of drug-likeness (QED) is 0.229. The van der Waals surface area contributed by atoms with Gasteiger partial charge in [0, 0.05) is 15.7 Å². The van der Waals surface area contributed by atoms with Gasteiger partial charge in [-0.25, -0.2) is 4.99 Å². The molecule has 4 aromatic carbocycles. The molecule has 1 N–H and O–H groups in total. The van der Waals surface area contributed by atoms with E-state index in [4.69, 9.17) is 32.9 Å². The second-order valence-corrected chi connectivity index (χ2v) is 10.3. The maximum atomic E-state index is 13.5. The Morgan fingerprint density at radius 1 is 0.897 bits per heavy atom. The number of hydrogen-bond donors (Lipinski definition) is 1. The summed E-state index contributed by atoms with van der Waals surface area (Å²) in [5, 5.41) is 4.46. The van der Waals surface area contributed by atoms with Crippen LogP contribution in [-0.2, 0) is 9.59 Å². The predicted molar refractivity (Wildman–Crippen MR) is 160 cm³/mol. The van der Waals surface area contributed by atoms with Crippen molar-refractivity contribution in [3.05, 3.63) is 124 Å². The first-order valence-electron chi connectivity index (χ1n) is 11.9. The molecule has 5 rings (SSSR count). The Hall–Kier alpha value is -4.04. The lowest BCUT2D eigenvalue weighted by molar-refractivity contribution is -0.118. The zero-order valence-electron chi connectivity index (χ0n) is 20.4. The standard InChI is InChI=1S/C30H21Cl2N3O3S/c31-21-9-13-24(14-10-21)34-30-35(25-15-11-22(32)12-16-25)29(37)27(39-30)18-20-5-4-8-26(17-20)38-19-28(36)33-23-6-2-1-3-7-23/h1-18H,19H2,(H,33,36)/b27-18-,34-30?. The Kier molecular flexibility index (Phi) is 8.32. The number of carbonyl (C=O) groups is 2. The third-order valence-electron chi connectivity index (χ3n) is 5.53. The Morgan fingerprint density at radius 2 is 1.59 bits per heavy atom. The third-order valence-corrected chi connectivity index (χ3v) is 7.00. The van der Waals surface area contributed by atoms with Crippen LogP contribution < -0.4 is 15.0 Å². The summed E-state index contributed by atoms with van der Waals surface area (Å²) in [6.45, 7) is -0.148. The second kappa shape index (κ2) is 12.2. The summed E-state index contributed by atoms with van der Waals surface area (Å²) in [5.74, 6) is 0.0179. The number of nitrogens with zero attached hydrogens (tertiary/aromatic N) is 2. The van der Waals surface area contributed by atoms with E-state index in [0.29, 0.717) is 42.9 Å². The minimum absolute atomic E-state index is 0.148. The summed E-state index contributed by atoms with van der Waals surface area (Å²) in [6, 6.07) is 30.4. The van der Waals surface area contributed by atoms with Gasteiger partial charge in [0.15, 0.2) is 11.8 Å². The lowest BCUT2D eigenvalue weighted by Crippen LogP contribution is -2.28. The van der Waals surface area contributed by atoms with Gasteiger partial charge in [-0.2, -0.15) is 0 Å². The van der Waals surface area contributed by atoms with Crippen molar-refractivity contribution in [1.29, 1.82) is 0 Å². The number of amidine groups is 1. The molecule has 4 aromatic rings. The monoisotopic (exact) mass is 573 g/mol. The first-order valence-corrected chi connectivity index (χ1v) is 13.4. The van der Waals surface area contributed by atoms with Crippen LogP contribution in [0.1, 0.15) is 5.56 Å². The molecule has 0 aromatic heterocycles. The van der Waals surface area contributed by atoms with Gasteiger partial charge >= 0.3 is 0 Å². The zero-order chi connectivity index (χ0) is 27.2. The molecule has 0 bridgehead atoms. The molecular weight excluding hydrogens is 553 g/mol. The SMILES string of the molecule is O=C(COc1cccc(/C=C2\SC(=Nc3ccc(Cl)cc3)N(c3ccc(Cl)cc3)C2=O)c1)Nc1ccccc1. The summed E-state index contributed by atoms with van der Waals surface area (Å²) in [7, 11) is 0. The summed E-state index contributed by atoms with van der Waals surface area (Å²) in [4.78, 5) is 32.5. The molecule has 2 amide bonds. The highest BCUT2D eigenvalue weighted by atomic mass is 35.5. The van der Waals surface area contributed by atoms with Crippen molar-refractivity contribution in [3.8, 4) is 5.75 Å². The van der Waals surface area contributed by atoms with E-state index in [1.807, 2.05) is 24.3 Å². The van der Waals surface area contributed by atoms with Gasteiger partial charge in [-0.1, -0.05) is 53.5 Å². The smallest absolute Gasteiger partial charge is 0.271 e. The average molecular weight is 574 g/mol. The molecule has 0 saturated carbocycles. The number of amides is 2. The van der Waals surface area contributed by atoms with E-state index in [1.165, 1.54) is 11.8 Å². The highest BCUT2D eigenvalue weighted by Crippen LogP contribution is 2.38. The number of halogens is 2. The van der Waals surface area contributed by atoms with Crippen LogP contribution in [0.5, 0.6) is 5.75 Å². The number of ether oxygens (including phenoxy) is 1. The normalized spacial score (nSPS) is 15.1. The van der Waals surface area contributed by atoms with Crippen molar-refractivity contribution in [2.75, 3.05) is 16.8 Å². The van der Waals surface area contributed by atoms with Crippen LogP contribution in [0, 0.1) is 0 Å². The topological polar surface area (TPSA) is 71.0 Å². The molecule has 1 fully saturated rings. The molecule has 0 unspecified atom stereocenters. The molecule has 1 aliphatic rings. The van der Waals surface area contributed by atoms with Gasteiger partial charge in [0.2, 0.25) is 0 Å². The van der Waals surface area contributed by atoms with Gasteiger partial charge in [0.1, 0.15) is 5.75 Å². The molecule has 0 atom stereocenters. The maximum Gasteiger partial charge on any atom is 0.271 e. The highest BCUT2D eigenvalue weighted by molar-refractivity contribution is 8.19. The van der Waals surface area contributed by atoms with Crippen LogP contribution >= 0.6 is 35.0 Å². The van der Waals surface area contributed by atoms with Gasteiger partial charge in [-0.3, -0.25) is 14.5 Å². The Morgan fingerprint density at radius 3 is 2.31 bits per heavy atom. The Labute approximate surface area is 239 Å². The average Bonchev–Trinajstić information content (AvgIpc) is 3.24. The first kappa shape index (κ1) is 26.6. The van der Waals surface area contributed by atoms with Crippen molar-refractivity contribution >= 4 is 75.1 Å². The van der Waals surface area contributed by atoms with Gasteiger partial charge in [0.25, 0.3) is 11.8 Å². The number of carbonyl (C=O) groups excluding carboxylic acids is 2. The largest absolute Gasteiger partial charge is 0.484 e. The number of aliphatic imine (C=N–C) groups is 1. The predicted octanol–water partition coefficient (Wildman–Crippen LogP) is 7.82. The molecule has 39 heavy (non-hydrogen) atoms. The summed E-state index contributed by atoms with van der Waals surface area (Å²) in [6.07, 6.45) is 1.78. The molecule has 6 nitrogen and oxygen atoms in total. The summed E-state index contributed by atoms with van der Waals surface area (Å²) >= 11 is 13.4.